The van der Waals surface area contributed by atoms with Crippen molar-refractivity contribution in [1.82, 2.24) is 0 Å². The van der Waals surface area contributed by atoms with Gasteiger partial charge in [0.15, 0.2) is 5.60 Å². The van der Waals surface area contributed by atoms with Gasteiger partial charge < -0.3 is 60.0 Å². The molecular weight excluding hydrogens is 420 g/mol. The third kappa shape index (κ3) is 20.3. The van der Waals surface area contributed by atoms with E-state index in [-0.39, 0.29) is 118 Å². The van der Waals surface area contributed by atoms with E-state index in [4.69, 9.17) is 20.4 Å². The third-order valence-electron chi connectivity index (χ3n) is 2.05. The molecule has 0 heterocycles. The number of hydrogen-bond acceptors (Lipinski definition) is 12. The van der Waals surface area contributed by atoms with Gasteiger partial charge in [0.05, 0.1) is 11.9 Å². The van der Waals surface area contributed by atoms with Crippen LogP contribution in [0.3, 0.4) is 0 Å². The molecule has 27 heavy (non-hydrogen) atoms. The summed E-state index contributed by atoms with van der Waals surface area (Å²) in [6, 6.07) is 0. The average molecular weight is 430 g/mol. The number of carboxylic acids is 5. The summed E-state index contributed by atoms with van der Waals surface area (Å²) in [5, 5.41) is 72.9. The van der Waals surface area contributed by atoms with Gasteiger partial charge in [0, 0.05) is 24.8 Å². The summed E-state index contributed by atoms with van der Waals surface area (Å²) in [7, 11) is 0. The molecule has 0 aromatic heterocycles. The Morgan fingerprint density at radius 3 is 1.04 bits per heavy atom. The van der Waals surface area contributed by atoms with Crippen LogP contribution in [0.15, 0.2) is 0 Å². The van der Waals surface area contributed by atoms with Gasteiger partial charge in [-0.05, 0) is 0 Å². The molecule has 0 bridgehead atoms. The maximum absolute atomic E-state index is 10.3. The quantitative estimate of drug-likeness (QED) is 0.261. The number of rotatable bonds is 8. The van der Waals surface area contributed by atoms with Gasteiger partial charge >= 0.3 is 124 Å². The summed E-state index contributed by atoms with van der Waals surface area (Å²) in [4.78, 5) is 49.4. The molecule has 2 unspecified atom stereocenters. The van der Waals surface area contributed by atoms with Gasteiger partial charge in [-0.1, -0.05) is 0 Å². The van der Waals surface area contributed by atoms with Crippen LogP contribution in [0.25, 0.3) is 0 Å². The van der Waals surface area contributed by atoms with E-state index in [1.54, 1.807) is 0 Å². The minimum Gasteiger partial charge on any atom is -0.550 e. The van der Waals surface area contributed by atoms with Crippen molar-refractivity contribution in [1.29, 1.82) is 0 Å². The van der Waals surface area contributed by atoms with Crippen LogP contribution >= 0.6 is 0 Å². The van der Waals surface area contributed by atoms with Gasteiger partial charge in [-0.15, -0.1) is 0 Å². The molecule has 2 atom stereocenters. The summed E-state index contributed by atoms with van der Waals surface area (Å²) in [5.74, 6) is -9.77. The second-order valence-electron chi connectivity index (χ2n) is 3.96. The monoisotopic (exact) mass is 430 g/mol. The molecule has 0 amide bonds. The van der Waals surface area contributed by atoms with Crippen LogP contribution in [0, 0.1) is 0 Å². The average Bonchev–Trinajstić information content (AvgIpc) is 2.35. The van der Waals surface area contributed by atoms with Crippen LogP contribution in [0.2, 0.25) is 0 Å². The SMILES string of the molecule is O=C([O-])C(O)C(O)C(=O)[O-].O=C([O-])CC(O)(CC(=O)[O-])C(=O)O.[Na+].[Na+].[Na+].[Na+]. The summed E-state index contributed by atoms with van der Waals surface area (Å²) in [5.41, 5.74) is -2.86. The molecule has 13 nitrogen and oxygen atoms in total. The summed E-state index contributed by atoms with van der Waals surface area (Å²) in [6.07, 6.45) is -7.47. The number of carbonyl (C=O) groups is 5. The molecule has 0 aliphatic heterocycles. The maximum atomic E-state index is 10.3. The normalized spacial score (nSPS) is 11.1. The van der Waals surface area contributed by atoms with Gasteiger partial charge in [-0.25, -0.2) is 4.79 Å². The number of carbonyl (C=O) groups excluding carboxylic acids is 4. The summed E-state index contributed by atoms with van der Waals surface area (Å²) >= 11 is 0. The summed E-state index contributed by atoms with van der Waals surface area (Å²) < 4.78 is 0. The van der Waals surface area contributed by atoms with Crippen LogP contribution in [-0.4, -0.2) is 68.1 Å². The fourth-order valence-electron chi connectivity index (χ4n) is 0.949. The van der Waals surface area contributed by atoms with E-state index in [1.807, 2.05) is 0 Å². The molecule has 0 fully saturated rings. The number of aliphatic hydroxyl groups is 3. The van der Waals surface area contributed by atoms with E-state index in [0.717, 1.165) is 0 Å². The summed E-state index contributed by atoms with van der Waals surface area (Å²) in [6.45, 7) is 0. The van der Waals surface area contributed by atoms with Crippen molar-refractivity contribution in [2.75, 3.05) is 0 Å². The Bertz CT molecular complexity index is 463. The first-order valence-corrected chi connectivity index (χ1v) is 5.38. The Morgan fingerprint density at radius 1 is 0.704 bits per heavy atom. The molecular formula is C10H10Na4O13. The fraction of sp³-hybridized carbons (Fsp3) is 0.500. The Labute approximate surface area is 240 Å². The van der Waals surface area contributed by atoms with Crippen molar-refractivity contribution in [2.24, 2.45) is 0 Å². The van der Waals surface area contributed by atoms with Gasteiger partial charge in [0.25, 0.3) is 0 Å². The zero-order valence-electron chi connectivity index (χ0n) is 15.0. The first-order chi connectivity index (χ1) is 10.2. The molecule has 0 radical (unpaired) electrons. The van der Waals surface area contributed by atoms with Gasteiger partial charge in [0.1, 0.15) is 12.2 Å². The predicted octanol–water partition coefficient (Wildman–Crippen LogP) is -20.7. The van der Waals surface area contributed by atoms with Crippen LogP contribution in [0.4, 0.5) is 0 Å². The molecule has 0 aliphatic rings. The van der Waals surface area contributed by atoms with E-state index in [2.05, 4.69) is 0 Å². The van der Waals surface area contributed by atoms with Gasteiger partial charge in [0.2, 0.25) is 0 Å². The zero-order chi connectivity index (χ0) is 19.0. The van der Waals surface area contributed by atoms with E-state index in [0.29, 0.717) is 0 Å². The van der Waals surface area contributed by atoms with E-state index < -0.39 is 60.5 Å². The van der Waals surface area contributed by atoms with Gasteiger partial charge in [-0.3, -0.25) is 0 Å². The van der Waals surface area contributed by atoms with Crippen LogP contribution in [-0.2, 0) is 24.0 Å². The zero-order valence-corrected chi connectivity index (χ0v) is 23.0. The molecule has 4 N–H and O–H groups in total. The first kappa shape index (κ1) is 42.4. The molecule has 0 saturated carbocycles. The standard InChI is InChI=1S/C6H8O7.C4H6O6.4Na/c7-3(8)1-6(13,5(11)12)2-4(9)10;5-1(3(7)8)2(6)4(9)10;;;;/h13H,1-2H2,(H,7,8)(H,9,10)(H,11,12);1-2,5-6H,(H,7,8)(H,9,10);;;;/q;;4*+1/p-4. The number of hydrogen-bond donors (Lipinski definition) is 4. The second kappa shape index (κ2) is 20.5. The molecule has 0 saturated heterocycles. The molecule has 0 rings (SSSR count). The Hall–Kier alpha value is 1.23. The second-order valence-corrected chi connectivity index (χ2v) is 3.96. The van der Waals surface area contributed by atoms with Crippen LogP contribution in [0.1, 0.15) is 12.8 Å². The predicted molar refractivity (Wildman–Crippen MR) is 53.9 cm³/mol. The van der Waals surface area contributed by atoms with Crippen molar-refractivity contribution in [2.45, 2.75) is 30.7 Å². The molecule has 0 aromatic carbocycles. The Morgan fingerprint density at radius 2 is 0.926 bits per heavy atom. The third-order valence-corrected chi connectivity index (χ3v) is 2.05. The Balaban J connectivity index is -0.0000000728. The number of aliphatic hydroxyl groups excluding tert-OH is 2. The number of carboxylic acid groups (broad SMARTS) is 5. The van der Waals surface area contributed by atoms with Crippen molar-refractivity contribution in [3.63, 3.8) is 0 Å². The van der Waals surface area contributed by atoms with Crippen molar-refractivity contribution in [3.8, 4) is 0 Å². The number of aliphatic carboxylic acids is 5. The minimum atomic E-state index is -2.86. The van der Waals surface area contributed by atoms with Crippen LogP contribution < -0.4 is 139 Å². The van der Waals surface area contributed by atoms with E-state index in [1.165, 1.54) is 0 Å². The van der Waals surface area contributed by atoms with Crippen molar-refractivity contribution < 1.29 is 183 Å². The maximum Gasteiger partial charge on any atom is 1.00 e. The van der Waals surface area contributed by atoms with Gasteiger partial charge in [-0.2, -0.15) is 0 Å². The minimum absolute atomic E-state index is 0. The fourth-order valence-corrected chi connectivity index (χ4v) is 0.949. The first-order valence-electron chi connectivity index (χ1n) is 5.38. The largest absolute Gasteiger partial charge is 1.00 e. The molecule has 132 valence electrons. The smallest absolute Gasteiger partial charge is 0.550 e. The van der Waals surface area contributed by atoms with E-state index in [9.17, 15) is 44.4 Å². The Kier molecular flexibility index (Phi) is 32.2. The molecule has 17 heteroatoms. The van der Waals surface area contributed by atoms with Crippen molar-refractivity contribution in [3.05, 3.63) is 0 Å². The van der Waals surface area contributed by atoms with Crippen LogP contribution in [0.5, 0.6) is 0 Å². The molecule has 0 aliphatic carbocycles. The molecule has 0 aromatic rings. The van der Waals surface area contributed by atoms with E-state index >= 15 is 0 Å². The molecule has 0 spiro atoms. The van der Waals surface area contributed by atoms with Crippen molar-refractivity contribution >= 4 is 29.8 Å². The topological polar surface area (TPSA) is 259 Å².